The molecule has 0 unspecified atom stereocenters. The predicted octanol–water partition coefficient (Wildman–Crippen LogP) is 6.32. The van der Waals surface area contributed by atoms with Crippen LogP contribution in [0.5, 0.6) is 0 Å². The van der Waals surface area contributed by atoms with Crippen LogP contribution in [0.15, 0.2) is 36.4 Å². The lowest BCUT2D eigenvalue weighted by atomic mass is 9.55. The van der Waals surface area contributed by atoms with Gasteiger partial charge in [0.15, 0.2) is 0 Å². The number of carboxylic acids is 1. The number of aliphatic carboxylic acids is 1. The van der Waals surface area contributed by atoms with Crippen molar-refractivity contribution in [2.24, 2.45) is 5.41 Å². The molecule has 2 spiro atoms. The van der Waals surface area contributed by atoms with Crippen molar-refractivity contribution in [1.29, 1.82) is 0 Å². The summed E-state index contributed by atoms with van der Waals surface area (Å²) in [5, 5.41) is 19.5. The van der Waals surface area contributed by atoms with Gasteiger partial charge in [-0.2, -0.15) is 0 Å². The lowest BCUT2D eigenvalue weighted by molar-refractivity contribution is -0.157. The van der Waals surface area contributed by atoms with E-state index in [1.54, 1.807) is 24.3 Å². The third kappa shape index (κ3) is 4.09. The van der Waals surface area contributed by atoms with Crippen LogP contribution in [0.1, 0.15) is 81.3 Å². The molecule has 5 fully saturated rings. The molecule has 2 amide bonds. The molecule has 2 aromatic rings. The largest absolute Gasteiger partial charge is 0.481 e. The van der Waals surface area contributed by atoms with Crippen LogP contribution in [0.25, 0.3) is 0 Å². The fraction of sp³-hybridized carbons (Fsp3) is 0.531. The maximum atomic E-state index is 16.1. The molecule has 12 heteroatoms. The maximum Gasteiger partial charge on any atom is 0.309 e. The Kier molecular flexibility index (Phi) is 6.68. The summed E-state index contributed by atoms with van der Waals surface area (Å²) in [6, 6.07) is 8.06. The quantitative estimate of drug-likeness (QED) is 0.310. The van der Waals surface area contributed by atoms with Crippen LogP contribution in [-0.2, 0) is 19.8 Å². The number of rotatable bonds is 4. The van der Waals surface area contributed by atoms with Gasteiger partial charge in [-0.1, -0.05) is 41.4 Å². The van der Waals surface area contributed by atoms with Gasteiger partial charge in [0.2, 0.25) is 17.7 Å². The lowest BCUT2D eigenvalue weighted by Gasteiger charge is -2.52. The fourth-order valence-corrected chi connectivity index (χ4v) is 9.49. The van der Waals surface area contributed by atoms with E-state index in [0.717, 1.165) is 0 Å². The van der Waals surface area contributed by atoms with Gasteiger partial charge in [0.05, 0.1) is 16.5 Å². The van der Waals surface area contributed by atoms with E-state index in [2.05, 4.69) is 16.0 Å². The summed E-state index contributed by atoms with van der Waals surface area (Å²) in [6.07, 6.45) is 1.38. The smallest absolute Gasteiger partial charge is 0.309 e. The van der Waals surface area contributed by atoms with E-state index < -0.39 is 76.2 Å². The van der Waals surface area contributed by atoms with E-state index in [-0.39, 0.29) is 23.4 Å². The first-order valence-corrected chi connectivity index (χ1v) is 15.8. The summed E-state index contributed by atoms with van der Waals surface area (Å²) in [4.78, 5) is 40.9. The molecule has 0 radical (unpaired) electrons. The Morgan fingerprint density at radius 1 is 0.932 bits per heavy atom. The molecule has 2 aliphatic heterocycles. The van der Waals surface area contributed by atoms with E-state index in [0.29, 0.717) is 54.8 Å². The lowest BCUT2D eigenvalue weighted by Crippen LogP contribution is -2.63. The Bertz CT molecular complexity index is 1570. The minimum Gasteiger partial charge on any atom is -0.481 e. The van der Waals surface area contributed by atoms with Crippen LogP contribution < -0.4 is 16.0 Å². The summed E-state index contributed by atoms with van der Waals surface area (Å²) in [6.45, 7) is 0. The van der Waals surface area contributed by atoms with Crippen molar-refractivity contribution in [3.05, 3.63) is 63.4 Å². The zero-order chi connectivity index (χ0) is 31.3. The van der Waals surface area contributed by atoms with Crippen molar-refractivity contribution >= 4 is 46.7 Å². The standard InChI is InChI=1S/C32H32Cl2F3N3O4/c33-17-4-5-19-21(16-17)38-26(42)32(19)22(18-2-1-3-20(34)23(18)35)24(39-30(32)12-14-31(36,37)15-13-30)25(41)40-29-9-6-28(7-10-29,8-11-29)27(43)44/h1-5,16,22,24,39H,6-15H2,(H,38,42)(H,40,41)(H,43,44)/t22-,24+,28?,29?,32+/m0/s1. The number of amides is 2. The number of benzene rings is 2. The number of nitrogens with one attached hydrogen (secondary N) is 3. The zero-order valence-electron chi connectivity index (χ0n) is 23.8. The number of halogens is 5. The van der Waals surface area contributed by atoms with Gasteiger partial charge in [-0.15, -0.1) is 0 Å². The SMILES string of the molecule is O=C(NC12CCC(C(=O)O)(CC1)CC2)[C@@H]1NC2(CCC(F)(F)CC2)[C@@]2(C(=O)Nc3cc(Cl)ccc32)[C@H]1c1cccc(Cl)c1F. The Labute approximate surface area is 262 Å². The zero-order valence-corrected chi connectivity index (χ0v) is 25.3. The minimum absolute atomic E-state index is 0.0343. The Morgan fingerprint density at radius 2 is 1.59 bits per heavy atom. The minimum atomic E-state index is -2.96. The van der Waals surface area contributed by atoms with E-state index in [9.17, 15) is 28.3 Å². The predicted molar refractivity (Wildman–Crippen MR) is 158 cm³/mol. The Hall–Kier alpha value is -2.82. The van der Waals surface area contributed by atoms with Crippen molar-refractivity contribution in [3.63, 3.8) is 0 Å². The van der Waals surface area contributed by atoms with Crippen LogP contribution in [0.2, 0.25) is 10.0 Å². The molecular weight excluding hydrogens is 618 g/mol. The molecule has 2 aromatic carbocycles. The molecule has 3 atom stereocenters. The van der Waals surface area contributed by atoms with Crippen LogP contribution in [-0.4, -0.2) is 45.9 Å². The number of carbonyl (C=O) groups is 3. The molecule has 4 aliphatic carbocycles. The highest BCUT2D eigenvalue weighted by Gasteiger charge is 2.73. The number of hydrogen-bond donors (Lipinski definition) is 4. The third-order valence-electron chi connectivity index (χ3n) is 11.5. The maximum absolute atomic E-state index is 16.1. The van der Waals surface area contributed by atoms with E-state index in [1.165, 1.54) is 12.1 Å². The van der Waals surface area contributed by atoms with Crippen molar-refractivity contribution in [2.45, 2.75) is 98.6 Å². The van der Waals surface area contributed by atoms with Gasteiger partial charge in [0.1, 0.15) is 11.2 Å². The first-order valence-electron chi connectivity index (χ1n) is 15.0. The number of fused-ring (bicyclic) bond motifs is 6. The molecule has 44 heavy (non-hydrogen) atoms. The summed E-state index contributed by atoms with van der Waals surface area (Å²) in [5.74, 6) is -6.73. The number of anilines is 1. The highest BCUT2D eigenvalue weighted by Crippen LogP contribution is 2.64. The fourth-order valence-electron chi connectivity index (χ4n) is 9.14. The van der Waals surface area contributed by atoms with Gasteiger partial charge in [-0.25, -0.2) is 13.2 Å². The molecule has 2 heterocycles. The van der Waals surface area contributed by atoms with Crippen LogP contribution in [0.4, 0.5) is 18.9 Å². The van der Waals surface area contributed by atoms with Gasteiger partial charge in [-0.05, 0) is 80.7 Å². The first-order chi connectivity index (χ1) is 20.8. The van der Waals surface area contributed by atoms with Crippen molar-refractivity contribution in [2.75, 3.05) is 5.32 Å². The van der Waals surface area contributed by atoms with Crippen LogP contribution in [0.3, 0.4) is 0 Å². The highest BCUT2D eigenvalue weighted by atomic mass is 35.5. The van der Waals surface area contributed by atoms with Crippen molar-refractivity contribution in [1.82, 2.24) is 10.6 Å². The summed E-state index contributed by atoms with van der Waals surface area (Å²) in [7, 11) is 0. The molecule has 1 saturated heterocycles. The first kappa shape index (κ1) is 29.9. The van der Waals surface area contributed by atoms with Gasteiger partial charge in [0.25, 0.3) is 0 Å². The molecule has 0 aromatic heterocycles. The average Bonchev–Trinajstić information content (AvgIpc) is 3.45. The van der Waals surface area contributed by atoms with Crippen molar-refractivity contribution < 1.29 is 32.7 Å². The average molecular weight is 651 g/mol. The number of hydrogen-bond acceptors (Lipinski definition) is 4. The highest BCUT2D eigenvalue weighted by molar-refractivity contribution is 6.31. The summed E-state index contributed by atoms with van der Waals surface area (Å²) in [5.41, 5.74) is -3.53. The Balaban J connectivity index is 1.38. The molecule has 7 nitrogen and oxygen atoms in total. The third-order valence-corrected chi connectivity index (χ3v) is 12.0. The monoisotopic (exact) mass is 649 g/mol. The molecule has 6 aliphatic rings. The summed E-state index contributed by atoms with van der Waals surface area (Å²) >= 11 is 12.6. The molecular formula is C32H32Cl2F3N3O4. The Morgan fingerprint density at radius 3 is 2.23 bits per heavy atom. The second-order valence-electron chi connectivity index (χ2n) is 13.5. The molecule has 234 valence electrons. The number of carbonyl (C=O) groups excluding carboxylic acids is 2. The molecule has 2 bridgehead atoms. The number of alkyl halides is 2. The number of carboxylic acid groups (broad SMARTS) is 1. The van der Waals surface area contributed by atoms with Crippen LogP contribution in [0, 0.1) is 11.2 Å². The van der Waals surface area contributed by atoms with Crippen LogP contribution >= 0.6 is 23.2 Å². The molecule has 4 N–H and O–H groups in total. The second-order valence-corrected chi connectivity index (χ2v) is 14.3. The van der Waals surface area contributed by atoms with E-state index >= 15 is 4.39 Å². The summed E-state index contributed by atoms with van der Waals surface area (Å²) < 4.78 is 45.5. The van der Waals surface area contributed by atoms with E-state index in [4.69, 9.17) is 23.2 Å². The van der Waals surface area contributed by atoms with Gasteiger partial charge < -0.3 is 15.7 Å². The molecule has 8 rings (SSSR count). The van der Waals surface area contributed by atoms with Gasteiger partial charge >= 0.3 is 5.97 Å². The van der Waals surface area contributed by atoms with Gasteiger partial charge in [-0.3, -0.25) is 19.7 Å². The normalized spacial score (nSPS) is 34.6. The van der Waals surface area contributed by atoms with E-state index in [1.807, 2.05) is 0 Å². The molecule has 4 saturated carbocycles. The second kappa shape index (κ2) is 9.84. The topological polar surface area (TPSA) is 108 Å². The van der Waals surface area contributed by atoms with Crippen molar-refractivity contribution in [3.8, 4) is 0 Å². The van der Waals surface area contributed by atoms with Gasteiger partial charge in [0, 0.05) is 40.5 Å².